The van der Waals surface area contributed by atoms with E-state index in [0.717, 1.165) is 34.9 Å². The number of rotatable bonds is 9. The summed E-state index contributed by atoms with van der Waals surface area (Å²) < 4.78 is 1.94. The Kier molecular flexibility index (Phi) is 10.2. The van der Waals surface area contributed by atoms with Gasteiger partial charge in [0.15, 0.2) is 4.96 Å². The Labute approximate surface area is 203 Å². The number of anilines is 1. The van der Waals surface area contributed by atoms with E-state index in [9.17, 15) is 9.90 Å². The minimum Gasteiger partial charge on any atom is -0.387 e. The van der Waals surface area contributed by atoms with Gasteiger partial charge in [-0.15, -0.1) is 36.2 Å². The summed E-state index contributed by atoms with van der Waals surface area (Å²) in [6.45, 7) is 1.29. The third-order valence-corrected chi connectivity index (χ3v) is 5.81. The molecule has 0 bridgehead atoms. The Morgan fingerprint density at radius 1 is 1.09 bits per heavy atom. The molecular formula is C23H26Cl2N4O2S. The van der Waals surface area contributed by atoms with Crippen LogP contribution in [0.25, 0.3) is 4.96 Å². The molecule has 3 N–H and O–H groups in total. The van der Waals surface area contributed by atoms with Crippen LogP contribution in [0.4, 0.5) is 5.69 Å². The van der Waals surface area contributed by atoms with Crippen LogP contribution in [0, 0.1) is 0 Å². The maximum atomic E-state index is 12.3. The molecule has 2 aromatic heterocycles. The molecule has 6 nitrogen and oxygen atoms in total. The lowest BCUT2D eigenvalue weighted by atomic mass is 10.1. The summed E-state index contributed by atoms with van der Waals surface area (Å²) in [5.41, 5.74) is 3.81. The van der Waals surface area contributed by atoms with Crippen LogP contribution >= 0.6 is 36.2 Å². The number of carbonyl (C=O) groups excluding carboxylic acids is 1. The van der Waals surface area contributed by atoms with E-state index in [2.05, 4.69) is 15.6 Å². The van der Waals surface area contributed by atoms with Crippen molar-refractivity contribution in [1.82, 2.24) is 14.7 Å². The van der Waals surface area contributed by atoms with Gasteiger partial charge in [0.1, 0.15) is 0 Å². The molecule has 0 saturated carbocycles. The summed E-state index contributed by atoms with van der Waals surface area (Å²) in [5, 5.41) is 18.4. The number of imidazole rings is 1. The number of halogens is 2. The topological polar surface area (TPSA) is 78.7 Å². The molecule has 32 heavy (non-hydrogen) atoms. The molecule has 4 aromatic rings. The highest BCUT2D eigenvalue weighted by Crippen LogP contribution is 2.16. The quantitative estimate of drug-likeness (QED) is 0.304. The average molecular weight is 493 g/mol. The van der Waals surface area contributed by atoms with Crippen molar-refractivity contribution in [3.63, 3.8) is 0 Å². The molecule has 2 aromatic carbocycles. The maximum Gasteiger partial charge on any atom is 0.230 e. The van der Waals surface area contributed by atoms with E-state index in [-0.39, 0.29) is 30.7 Å². The van der Waals surface area contributed by atoms with Gasteiger partial charge in [0, 0.05) is 35.7 Å². The number of aliphatic hydroxyl groups excluding tert-OH is 1. The van der Waals surface area contributed by atoms with Gasteiger partial charge in [0.05, 0.1) is 12.5 Å². The number of nitrogens with one attached hydrogen (secondary N) is 2. The number of carbonyl (C=O) groups is 1. The van der Waals surface area contributed by atoms with Crippen molar-refractivity contribution < 1.29 is 9.90 Å². The van der Waals surface area contributed by atoms with Gasteiger partial charge in [-0.3, -0.25) is 9.20 Å². The molecule has 0 spiro atoms. The molecule has 170 valence electrons. The molecule has 0 aliphatic carbocycles. The summed E-state index contributed by atoms with van der Waals surface area (Å²) in [5.74, 6) is -0.0484. The van der Waals surface area contributed by atoms with Crippen molar-refractivity contribution in [2.24, 2.45) is 0 Å². The van der Waals surface area contributed by atoms with E-state index in [1.54, 1.807) is 6.20 Å². The summed E-state index contributed by atoms with van der Waals surface area (Å²) >= 11 is 1.53. The second-order valence-corrected chi connectivity index (χ2v) is 7.95. The van der Waals surface area contributed by atoms with Gasteiger partial charge in [-0.2, -0.15) is 0 Å². The highest BCUT2D eigenvalue weighted by atomic mass is 35.5. The van der Waals surface area contributed by atoms with E-state index in [4.69, 9.17) is 0 Å². The van der Waals surface area contributed by atoms with Crippen LogP contribution < -0.4 is 10.6 Å². The predicted octanol–water partition coefficient (Wildman–Crippen LogP) is 4.29. The van der Waals surface area contributed by atoms with Gasteiger partial charge in [0.2, 0.25) is 5.91 Å². The Balaban J connectivity index is 0.00000181. The molecule has 4 rings (SSSR count). The minimum absolute atomic E-state index is 0. The first-order valence-electron chi connectivity index (χ1n) is 9.91. The van der Waals surface area contributed by atoms with Crippen LogP contribution in [0.15, 0.2) is 72.4 Å². The zero-order chi connectivity index (χ0) is 20.8. The van der Waals surface area contributed by atoms with E-state index >= 15 is 0 Å². The molecule has 1 unspecified atom stereocenters. The van der Waals surface area contributed by atoms with Gasteiger partial charge in [-0.25, -0.2) is 4.98 Å². The minimum atomic E-state index is -0.504. The van der Waals surface area contributed by atoms with Crippen LogP contribution in [0.3, 0.4) is 0 Å². The van der Waals surface area contributed by atoms with Crippen molar-refractivity contribution in [2.45, 2.75) is 18.9 Å². The number of hydrogen-bond acceptors (Lipinski definition) is 5. The van der Waals surface area contributed by atoms with Crippen LogP contribution in [-0.2, 0) is 17.6 Å². The summed E-state index contributed by atoms with van der Waals surface area (Å²) in [4.78, 5) is 17.5. The van der Waals surface area contributed by atoms with E-state index in [0.29, 0.717) is 13.0 Å². The smallest absolute Gasteiger partial charge is 0.230 e. The van der Waals surface area contributed by atoms with Crippen molar-refractivity contribution in [2.75, 3.05) is 18.4 Å². The number of benzene rings is 2. The van der Waals surface area contributed by atoms with Crippen molar-refractivity contribution in [3.05, 3.63) is 89.2 Å². The molecule has 0 aliphatic heterocycles. The van der Waals surface area contributed by atoms with Crippen LogP contribution in [0.1, 0.15) is 22.9 Å². The second-order valence-electron chi connectivity index (χ2n) is 7.11. The lowest BCUT2D eigenvalue weighted by molar-refractivity contribution is -0.115. The fraction of sp³-hybridized carbons (Fsp3) is 0.217. The predicted molar refractivity (Wildman–Crippen MR) is 134 cm³/mol. The standard InChI is InChI=1S/C23H24N4O2S.2ClH/c28-21(18-4-2-1-3-5-18)15-24-11-10-17-6-8-19(9-7-17)26-22(29)14-20-16-30-23-25-12-13-27(20)23;;/h1-9,12-13,16,21,24,28H,10-11,14-15H2,(H,26,29);2*1H. The fourth-order valence-corrected chi connectivity index (χ4v) is 4.14. The monoisotopic (exact) mass is 492 g/mol. The van der Waals surface area contributed by atoms with E-state index < -0.39 is 6.10 Å². The highest BCUT2D eigenvalue weighted by Gasteiger charge is 2.10. The summed E-state index contributed by atoms with van der Waals surface area (Å²) in [6.07, 6.45) is 4.27. The molecule has 1 atom stereocenters. The third kappa shape index (κ3) is 6.79. The maximum absolute atomic E-state index is 12.3. The molecule has 1 amide bonds. The van der Waals surface area contributed by atoms with Gasteiger partial charge in [-0.05, 0) is 36.2 Å². The molecule has 9 heteroatoms. The highest BCUT2D eigenvalue weighted by molar-refractivity contribution is 7.15. The number of aromatic nitrogens is 2. The number of amides is 1. The summed E-state index contributed by atoms with van der Waals surface area (Å²) in [6, 6.07) is 17.5. The molecule has 0 fully saturated rings. The first kappa shape index (κ1) is 25.8. The van der Waals surface area contributed by atoms with E-state index in [1.165, 1.54) is 16.9 Å². The molecular weight excluding hydrogens is 467 g/mol. The van der Waals surface area contributed by atoms with Crippen LogP contribution in [0.5, 0.6) is 0 Å². The van der Waals surface area contributed by atoms with Gasteiger partial charge >= 0.3 is 0 Å². The number of fused-ring (bicyclic) bond motifs is 1. The lowest BCUT2D eigenvalue weighted by Crippen LogP contribution is -2.23. The average Bonchev–Trinajstić information content (AvgIpc) is 3.38. The number of nitrogens with zero attached hydrogens (tertiary/aromatic N) is 2. The zero-order valence-electron chi connectivity index (χ0n) is 17.3. The van der Waals surface area contributed by atoms with Crippen molar-refractivity contribution in [1.29, 1.82) is 0 Å². The lowest BCUT2D eigenvalue weighted by Gasteiger charge is -2.12. The second kappa shape index (κ2) is 12.6. The van der Waals surface area contributed by atoms with Gasteiger partial charge < -0.3 is 15.7 Å². The normalized spacial score (nSPS) is 11.4. The first-order chi connectivity index (χ1) is 14.7. The molecule has 0 saturated heterocycles. The van der Waals surface area contributed by atoms with Gasteiger partial charge in [-0.1, -0.05) is 42.5 Å². The van der Waals surface area contributed by atoms with Crippen molar-refractivity contribution >= 4 is 52.7 Å². The first-order valence-corrected chi connectivity index (χ1v) is 10.8. The molecule has 0 radical (unpaired) electrons. The molecule has 0 aliphatic rings. The van der Waals surface area contributed by atoms with Crippen LogP contribution in [0.2, 0.25) is 0 Å². The SMILES string of the molecule is Cl.Cl.O=C(Cc1csc2nccn12)Nc1ccc(CCNCC(O)c2ccccc2)cc1. The molecule has 2 heterocycles. The number of hydrogen-bond donors (Lipinski definition) is 3. The van der Waals surface area contributed by atoms with Gasteiger partial charge in [0.25, 0.3) is 0 Å². The Morgan fingerprint density at radius 2 is 1.84 bits per heavy atom. The van der Waals surface area contributed by atoms with Crippen LogP contribution in [-0.4, -0.2) is 33.5 Å². The summed E-state index contributed by atoms with van der Waals surface area (Å²) in [7, 11) is 0. The number of aliphatic hydroxyl groups is 1. The zero-order valence-corrected chi connectivity index (χ0v) is 19.8. The number of thiazole rings is 1. The van der Waals surface area contributed by atoms with E-state index in [1.807, 2.05) is 70.6 Å². The largest absolute Gasteiger partial charge is 0.387 e. The Hall–Kier alpha value is -2.42. The van der Waals surface area contributed by atoms with Crippen molar-refractivity contribution in [3.8, 4) is 0 Å². The fourth-order valence-electron chi connectivity index (χ4n) is 3.29. The Bertz CT molecular complexity index is 1100. The third-order valence-electron chi connectivity index (χ3n) is 4.91. The Morgan fingerprint density at radius 3 is 2.59 bits per heavy atom.